The first-order valence-electron chi connectivity index (χ1n) is 9.61. The molecule has 0 atom stereocenters. The summed E-state index contributed by atoms with van der Waals surface area (Å²) in [5, 5.41) is 0. The Balaban J connectivity index is 1.60. The third kappa shape index (κ3) is 4.75. The Morgan fingerprint density at radius 3 is 2.44 bits per heavy atom. The maximum Gasteiger partial charge on any atom is 0.228 e. The van der Waals surface area contributed by atoms with E-state index < -0.39 is 0 Å². The molecule has 1 saturated heterocycles. The lowest BCUT2D eigenvalue weighted by atomic mass is 9.95. The molecule has 0 spiro atoms. The summed E-state index contributed by atoms with van der Waals surface area (Å²) in [7, 11) is 3.88. The molecule has 2 aliphatic rings. The molecule has 138 valence electrons. The Morgan fingerprint density at radius 2 is 1.88 bits per heavy atom. The zero-order valence-electron chi connectivity index (χ0n) is 16.0. The number of carbonyl (C=O) groups is 1. The number of hydrogen-bond donors (Lipinski definition) is 0. The van der Waals surface area contributed by atoms with Crippen LogP contribution >= 0.6 is 0 Å². The Morgan fingerprint density at radius 1 is 1.24 bits per heavy atom. The second kappa shape index (κ2) is 7.77. The lowest BCUT2D eigenvalue weighted by Gasteiger charge is -2.34. The molecule has 0 bridgehead atoms. The fraction of sp³-hybridized carbons (Fsp3) is 0.667. The molecule has 0 unspecified atom stereocenters. The lowest BCUT2D eigenvalue weighted by Crippen LogP contribution is -2.43. The van der Waals surface area contributed by atoms with Crippen LogP contribution in [0.1, 0.15) is 38.2 Å². The van der Waals surface area contributed by atoms with E-state index >= 15 is 0 Å². The van der Waals surface area contributed by atoms with Gasteiger partial charge in [-0.05, 0) is 75.9 Å². The predicted molar refractivity (Wildman–Crippen MR) is 101 cm³/mol. The van der Waals surface area contributed by atoms with Crippen molar-refractivity contribution >= 4 is 5.91 Å². The van der Waals surface area contributed by atoms with Gasteiger partial charge in [-0.2, -0.15) is 0 Å². The van der Waals surface area contributed by atoms with Crippen LogP contribution in [0.15, 0.2) is 24.3 Å². The monoisotopic (exact) mass is 344 g/mol. The molecule has 3 rings (SSSR count). The normalized spacial score (nSPS) is 20.3. The third-order valence-electron chi connectivity index (χ3n) is 5.95. The molecule has 0 N–H and O–H groups in total. The van der Waals surface area contributed by atoms with Gasteiger partial charge in [-0.25, -0.2) is 0 Å². The molecule has 4 nitrogen and oxygen atoms in total. The summed E-state index contributed by atoms with van der Waals surface area (Å²) >= 11 is 0. The van der Waals surface area contributed by atoms with Crippen molar-refractivity contribution in [2.45, 2.75) is 39.0 Å². The molecule has 2 fully saturated rings. The van der Waals surface area contributed by atoms with Gasteiger partial charge in [0.05, 0.1) is 7.11 Å². The van der Waals surface area contributed by atoms with Crippen molar-refractivity contribution in [3.63, 3.8) is 0 Å². The lowest BCUT2D eigenvalue weighted by molar-refractivity contribution is -0.137. The number of ether oxygens (including phenoxy) is 1. The van der Waals surface area contributed by atoms with Crippen LogP contribution in [0.25, 0.3) is 0 Å². The van der Waals surface area contributed by atoms with Crippen molar-refractivity contribution in [3.05, 3.63) is 29.8 Å². The Kier molecular flexibility index (Phi) is 5.67. The maximum atomic E-state index is 13.0. The fourth-order valence-corrected chi connectivity index (χ4v) is 3.67. The quantitative estimate of drug-likeness (QED) is 0.761. The first-order chi connectivity index (χ1) is 12.0. The summed E-state index contributed by atoms with van der Waals surface area (Å²) < 4.78 is 5.23. The van der Waals surface area contributed by atoms with Crippen molar-refractivity contribution in [1.29, 1.82) is 0 Å². The molecular weight excluding hydrogens is 312 g/mol. The average Bonchev–Trinajstić information content (AvgIpc) is 3.39. The van der Waals surface area contributed by atoms with Gasteiger partial charge < -0.3 is 14.5 Å². The van der Waals surface area contributed by atoms with Gasteiger partial charge in [0, 0.05) is 18.5 Å². The maximum absolute atomic E-state index is 13.0. The molecule has 1 aromatic rings. The van der Waals surface area contributed by atoms with Gasteiger partial charge in [-0.15, -0.1) is 0 Å². The largest absolute Gasteiger partial charge is 0.497 e. The van der Waals surface area contributed by atoms with E-state index in [1.807, 2.05) is 12.1 Å². The van der Waals surface area contributed by atoms with Crippen LogP contribution in [0.2, 0.25) is 0 Å². The molecule has 1 aromatic carbocycles. The van der Waals surface area contributed by atoms with E-state index in [0.717, 1.165) is 51.2 Å². The number of amides is 1. The summed E-state index contributed by atoms with van der Waals surface area (Å²) in [4.78, 5) is 17.5. The molecule has 1 saturated carbocycles. The van der Waals surface area contributed by atoms with Crippen molar-refractivity contribution in [2.75, 3.05) is 40.3 Å². The second-order valence-corrected chi connectivity index (χ2v) is 8.16. The smallest absolute Gasteiger partial charge is 0.228 e. The van der Waals surface area contributed by atoms with E-state index in [9.17, 15) is 4.79 Å². The van der Waals surface area contributed by atoms with Crippen LogP contribution in [-0.4, -0.2) is 56.0 Å². The van der Waals surface area contributed by atoms with Gasteiger partial charge in [0.15, 0.2) is 0 Å². The molecule has 1 heterocycles. The van der Waals surface area contributed by atoms with Crippen molar-refractivity contribution < 1.29 is 9.53 Å². The molecule has 1 amide bonds. The van der Waals surface area contributed by atoms with Crippen LogP contribution in [0, 0.1) is 11.3 Å². The van der Waals surface area contributed by atoms with Crippen molar-refractivity contribution in [2.24, 2.45) is 11.3 Å². The van der Waals surface area contributed by atoms with E-state index in [2.05, 4.69) is 35.9 Å². The van der Waals surface area contributed by atoms with Crippen molar-refractivity contribution in [3.8, 4) is 5.75 Å². The van der Waals surface area contributed by atoms with Gasteiger partial charge in [-0.1, -0.05) is 19.1 Å². The van der Waals surface area contributed by atoms with E-state index in [-0.39, 0.29) is 5.41 Å². The molecule has 4 heteroatoms. The first-order valence-corrected chi connectivity index (χ1v) is 9.61. The minimum absolute atomic E-state index is 0.0780. The fourth-order valence-electron chi connectivity index (χ4n) is 3.67. The summed E-state index contributed by atoms with van der Waals surface area (Å²) in [6, 6.07) is 8.22. The van der Waals surface area contributed by atoms with Crippen LogP contribution in [0.4, 0.5) is 0 Å². The number of piperidine rings is 1. The number of nitrogens with zero attached hydrogens (tertiary/aromatic N) is 2. The van der Waals surface area contributed by atoms with E-state index in [1.54, 1.807) is 7.11 Å². The highest BCUT2D eigenvalue weighted by Crippen LogP contribution is 2.46. The topological polar surface area (TPSA) is 32.8 Å². The highest BCUT2D eigenvalue weighted by Gasteiger charge is 2.47. The second-order valence-electron chi connectivity index (χ2n) is 8.16. The van der Waals surface area contributed by atoms with Gasteiger partial charge >= 0.3 is 0 Å². The molecule has 0 aromatic heterocycles. The van der Waals surface area contributed by atoms with Crippen LogP contribution in [-0.2, 0) is 11.2 Å². The zero-order valence-corrected chi connectivity index (χ0v) is 16.0. The van der Waals surface area contributed by atoms with Gasteiger partial charge in [0.2, 0.25) is 5.91 Å². The van der Waals surface area contributed by atoms with Gasteiger partial charge in [0.25, 0.3) is 0 Å². The predicted octanol–water partition coefficient (Wildman–Crippen LogP) is 3.21. The van der Waals surface area contributed by atoms with E-state index in [0.29, 0.717) is 11.8 Å². The van der Waals surface area contributed by atoms with Gasteiger partial charge in [0.1, 0.15) is 5.75 Å². The minimum atomic E-state index is -0.0780. The standard InChI is InChI=1S/C21H32N2O2/c1-21(11-12-21)20(24)23(16-18-8-13-22(2)14-9-18)15-10-17-4-6-19(25-3)7-5-17/h4-7,18H,8-16H2,1-3H3. The highest BCUT2D eigenvalue weighted by atomic mass is 16.5. The average molecular weight is 344 g/mol. The summed E-state index contributed by atoms with van der Waals surface area (Å²) in [6.45, 7) is 6.20. The number of methoxy groups -OCH3 is 1. The number of hydrogen-bond acceptors (Lipinski definition) is 3. The number of carbonyl (C=O) groups excluding carboxylic acids is 1. The Bertz CT molecular complexity index is 572. The van der Waals surface area contributed by atoms with E-state index in [1.165, 1.54) is 18.4 Å². The highest BCUT2D eigenvalue weighted by molar-refractivity contribution is 5.84. The molecule has 0 radical (unpaired) electrons. The number of likely N-dealkylation sites (tertiary alicyclic amines) is 1. The van der Waals surface area contributed by atoms with Crippen LogP contribution in [0.3, 0.4) is 0 Å². The Hall–Kier alpha value is -1.55. The molecule has 1 aliphatic heterocycles. The summed E-state index contributed by atoms with van der Waals surface area (Å²) in [6.07, 6.45) is 5.44. The minimum Gasteiger partial charge on any atom is -0.497 e. The van der Waals surface area contributed by atoms with Crippen molar-refractivity contribution in [1.82, 2.24) is 9.80 Å². The Labute approximate surface area is 152 Å². The number of rotatable bonds is 7. The first kappa shape index (κ1) is 18.2. The SMILES string of the molecule is COc1ccc(CCN(CC2CCN(C)CC2)C(=O)C2(C)CC2)cc1. The molecule has 25 heavy (non-hydrogen) atoms. The van der Waals surface area contributed by atoms with E-state index in [4.69, 9.17) is 4.74 Å². The third-order valence-corrected chi connectivity index (χ3v) is 5.95. The summed E-state index contributed by atoms with van der Waals surface area (Å²) in [5.74, 6) is 1.91. The van der Waals surface area contributed by atoms with Gasteiger partial charge in [-0.3, -0.25) is 4.79 Å². The van der Waals surface area contributed by atoms with Crippen LogP contribution in [0.5, 0.6) is 5.75 Å². The zero-order chi connectivity index (χ0) is 17.9. The molecular formula is C21H32N2O2. The molecule has 1 aliphatic carbocycles. The van der Waals surface area contributed by atoms with Crippen LogP contribution < -0.4 is 4.74 Å². The summed E-state index contributed by atoms with van der Waals surface area (Å²) in [5.41, 5.74) is 1.19. The number of benzene rings is 1.